The number of methoxy groups -OCH3 is 1. The number of rotatable bonds is 4. The van der Waals surface area contributed by atoms with Gasteiger partial charge in [-0.2, -0.15) is 0 Å². The quantitative estimate of drug-likeness (QED) is 0.857. The zero-order valence-corrected chi connectivity index (χ0v) is 12.0. The first kappa shape index (κ1) is 14.5. The Morgan fingerprint density at radius 3 is 2.45 bits per heavy atom. The molecule has 2 unspecified atom stereocenters. The third-order valence-corrected chi connectivity index (χ3v) is 3.90. The van der Waals surface area contributed by atoms with Crippen molar-refractivity contribution >= 4 is 11.9 Å². The fourth-order valence-corrected chi connectivity index (χ4v) is 2.63. The lowest BCUT2D eigenvalue weighted by Crippen LogP contribution is -2.47. The van der Waals surface area contributed by atoms with Crippen molar-refractivity contribution in [3.63, 3.8) is 0 Å². The molecular weight excluding hydrogens is 252 g/mol. The second-order valence-corrected chi connectivity index (χ2v) is 5.34. The van der Waals surface area contributed by atoms with Crippen molar-refractivity contribution in [3.8, 4) is 0 Å². The molecule has 1 aromatic rings. The molecule has 0 spiro atoms. The maximum absolute atomic E-state index is 11.4. The first-order valence-electron chi connectivity index (χ1n) is 6.75. The largest absolute Gasteiger partial charge is 0.498 e. The third-order valence-electron chi connectivity index (χ3n) is 3.90. The summed E-state index contributed by atoms with van der Waals surface area (Å²) in [5.41, 5.74) is 0.610. The van der Waals surface area contributed by atoms with E-state index in [0.717, 1.165) is 17.4 Å². The lowest BCUT2D eigenvalue weighted by atomic mass is 9.73. The van der Waals surface area contributed by atoms with Crippen molar-refractivity contribution in [2.24, 2.45) is 11.8 Å². The van der Waals surface area contributed by atoms with Crippen LogP contribution in [0.3, 0.4) is 0 Å². The van der Waals surface area contributed by atoms with Crippen LogP contribution in [0.25, 0.3) is 5.57 Å². The molecule has 1 N–H and O–H groups in total. The van der Waals surface area contributed by atoms with E-state index in [1.54, 1.807) is 0 Å². The average Bonchev–Trinajstić information content (AvgIpc) is 2.48. The van der Waals surface area contributed by atoms with E-state index >= 15 is 0 Å². The molecule has 1 aliphatic rings. The second-order valence-electron chi connectivity index (χ2n) is 5.34. The molecule has 3 heteroatoms. The van der Waals surface area contributed by atoms with E-state index in [1.807, 2.05) is 56.3 Å². The predicted molar refractivity (Wildman–Crippen MR) is 78.9 cm³/mol. The van der Waals surface area contributed by atoms with E-state index in [1.165, 1.54) is 7.11 Å². The summed E-state index contributed by atoms with van der Waals surface area (Å²) < 4.78 is 5.36. The smallest absolute Gasteiger partial charge is 0.137 e. The molecule has 2 rings (SSSR count). The highest BCUT2D eigenvalue weighted by Gasteiger charge is 2.45. The average molecular weight is 272 g/mol. The Balaban J connectivity index is 2.52. The van der Waals surface area contributed by atoms with Crippen LogP contribution >= 0.6 is 0 Å². The van der Waals surface area contributed by atoms with Crippen LogP contribution in [0.2, 0.25) is 0 Å². The van der Waals surface area contributed by atoms with Crippen LogP contribution in [0.4, 0.5) is 0 Å². The maximum Gasteiger partial charge on any atom is 0.137 e. The molecule has 0 bridgehead atoms. The maximum atomic E-state index is 11.4. The highest BCUT2D eigenvalue weighted by molar-refractivity contribution is 5.80. The summed E-state index contributed by atoms with van der Waals surface area (Å²) in [6, 6.07) is 9.76. The zero-order chi connectivity index (χ0) is 14.8. The van der Waals surface area contributed by atoms with Crippen LogP contribution in [-0.4, -0.2) is 24.1 Å². The summed E-state index contributed by atoms with van der Waals surface area (Å²) in [6.07, 6.45) is 4.41. The molecular formula is C17H20O3. The summed E-state index contributed by atoms with van der Waals surface area (Å²) in [6.45, 7) is 3.76. The van der Waals surface area contributed by atoms with Gasteiger partial charge in [0.1, 0.15) is 17.6 Å². The number of allylic oxidation sites excluding steroid dienone is 2. The number of aldehydes is 1. The topological polar surface area (TPSA) is 46.5 Å². The molecule has 0 aromatic heterocycles. The summed E-state index contributed by atoms with van der Waals surface area (Å²) in [7, 11) is 1.52. The fraction of sp³-hybridized carbons (Fsp3) is 0.353. The lowest BCUT2D eigenvalue weighted by Gasteiger charge is -2.39. The summed E-state index contributed by atoms with van der Waals surface area (Å²) in [5.74, 6) is -0.305. The van der Waals surface area contributed by atoms with Crippen molar-refractivity contribution in [2.75, 3.05) is 7.11 Å². The molecule has 0 saturated carbocycles. The summed E-state index contributed by atoms with van der Waals surface area (Å²) >= 11 is 0. The van der Waals surface area contributed by atoms with E-state index in [4.69, 9.17) is 4.74 Å². The van der Waals surface area contributed by atoms with Crippen LogP contribution < -0.4 is 0 Å². The number of hydrogen-bond acceptors (Lipinski definition) is 3. The fourth-order valence-electron chi connectivity index (χ4n) is 2.63. The van der Waals surface area contributed by atoms with Gasteiger partial charge in [-0.05, 0) is 23.1 Å². The molecule has 0 amide bonds. The van der Waals surface area contributed by atoms with Gasteiger partial charge >= 0.3 is 0 Å². The van der Waals surface area contributed by atoms with Gasteiger partial charge in [0.15, 0.2) is 0 Å². The van der Waals surface area contributed by atoms with Crippen LogP contribution in [0.1, 0.15) is 19.4 Å². The van der Waals surface area contributed by atoms with Crippen molar-refractivity contribution < 1.29 is 14.6 Å². The van der Waals surface area contributed by atoms with Crippen molar-refractivity contribution in [2.45, 2.75) is 19.4 Å². The first-order valence-corrected chi connectivity index (χ1v) is 6.75. The van der Waals surface area contributed by atoms with E-state index in [2.05, 4.69) is 0 Å². The first-order chi connectivity index (χ1) is 9.53. The van der Waals surface area contributed by atoms with Crippen molar-refractivity contribution in [3.05, 3.63) is 53.8 Å². The molecule has 2 atom stereocenters. The van der Waals surface area contributed by atoms with Gasteiger partial charge in [0.25, 0.3) is 0 Å². The molecule has 106 valence electrons. The van der Waals surface area contributed by atoms with Crippen LogP contribution in [0, 0.1) is 11.8 Å². The number of benzene rings is 1. The predicted octanol–water partition coefficient (Wildman–Crippen LogP) is 2.82. The zero-order valence-electron chi connectivity index (χ0n) is 12.0. The molecule has 0 saturated heterocycles. The minimum atomic E-state index is -1.28. The van der Waals surface area contributed by atoms with Gasteiger partial charge in [-0.15, -0.1) is 0 Å². The summed E-state index contributed by atoms with van der Waals surface area (Å²) in [5, 5.41) is 10.9. The Labute approximate surface area is 119 Å². The molecule has 0 fully saturated rings. The standard InChI is InChI=1S/C17H20O3/c1-12(2)17(19)15(11-18)9-14(10-16(17)20-3)13-7-5-4-6-8-13/h4-12,15,19H,1-3H3. The normalized spacial score (nSPS) is 25.9. The minimum absolute atomic E-state index is 0.127. The molecule has 0 heterocycles. The Morgan fingerprint density at radius 2 is 1.95 bits per heavy atom. The van der Waals surface area contributed by atoms with E-state index in [0.29, 0.717) is 5.76 Å². The molecule has 1 aromatic carbocycles. The van der Waals surface area contributed by atoms with Crippen molar-refractivity contribution in [1.82, 2.24) is 0 Å². The van der Waals surface area contributed by atoms with Crippen molar-refractivity contribution in [1.29, 1.82) is 0 Å². The van der Waals surface area contributed by atoms with Crippen LogP contribution in [0.15, 0.2) is 48.2 Å². The van der Waals surface area contributed by atoms with Crippen LogP contribution in [0.5, 0.6) is 0 Å². The van der Waals surface area contributed by atoms with Crippen LogP contribution in [-0.2, 0) is 9.53 Å². The van der Waals surface area contributed by atoms with Gasteiger partial charge < -0.3 is 14.6 Å². The third kappa shape index (κ3) is 2.29. The second kappa shape index (κ2) is 5.63. The lowest BCUT2D eigenvalue weighted by molar-refractivity contribution is -0.120. The van der Waals surface area contributed by atoms with Gasteiger partial charge in [0, 0.05) is 0 Å². The highest BCUT2D eigenvalue weighted by Crippen LogP contribution is 2.40. The van der Waals surface area contributed by atoms with Gasteiger partial charge in [-0.1, -0.05) is 50.3 Å². The number of aliphatic hydroxyl groups is 1. The molecule has 0 radical (unpaired) electrons. The van der Waals surface area contributed by atoms with Gasteiger partial charge in [0.05, 0.1) is 13.0 Å². The number of hydrogen-bond donors (Lipinski definition) is 1. The molecule has 20 heavy (non-hydrogen) atoms. The molecule has 3 nitrogen and oxygen atoms in total. The SMILES string of the molecule is COC1=CC(c2ccccc2)=CC(C=O)C1(O)C(C)C. The minimum Gasteiger partial charge on any atom is -0.498 e. The molecule has 0 aliphatic heterocycles. The Morgan fingerprint density at radius 1 is 1.30 bits per heavy atom. The number of carbonyl (C=O) groups is 1. The van der Waals surface area contributed by atoms with E-state index in [9.17, 15) is 9.90 Å². The highest BCUT2D eigenvalue weighted by atomic mass is 16.5. The van der Waals surface area contributed by atoms with Gasteiger partial charge in [-0.3, -0.25) is 0 Å². The number of carbonyl (C=O) groups excluding carboxylic acids is 1. The van der Waals surface area contributed by atoms with E-state index in [-0.39, 0.29) is 5.92 Å². The van der Waals surface area contributed by atoms with E-state index < -0.39 is 11.5 Å². The Hall–Kier alpha value is -1.87. The Kier molecular flexibility index (Phi) is 4.09. The Bertz CT molecular complexity index is 543. The molecule has 1 aliphatic carbocycles. The monoisotopic (exact) mass is 272 g/mol. The summed E-state index contributed by atoms with van der Waals surface area (Å²) in [4.78, 5) is 11.4. The van der Waals surface area contributed by atoms with Gasteiger partial charge in [-0.25, -0.2) is 0 Å². The number of ether oxygens (including phenoxy) is 1. The van der Waals surface area contributed by atoms with Gasteiger partial charge in [0.2, 0.25) is 0 Å².